The summed E-state index contributed by atoms with van der Waals surface area (Å²) in [5.74, 6) is 0.865. The van der Waals surface area contributed by atoms with Crippen molar-refractivity contribution in [2.45, 2.75) is 18.9 Å². The van der Waals surface area contributed by atoms with Crippen molar-refractivity contribution in [3.05, 3.63) is 77.9 Å². The van der Waals surface area contributed by atoms with Gasteiger partial charge in [0.15, 0.2) is 0 Å². The van der Waals surface area contributed by atoms with E-state index in [1.165, 1.54) is 16.3 Å². The average Bonchev–Trinajstić information content (AvgIpc) is 2.67. The molecule has 3 rings (SSSR count). The maximum atomic E-state index is 6.26. The SMILES string of the molecule is COc1ccc(C(N)CCNCCc2ccc3ccccc3c2)cc1. The second-order valence-corrected chi connectivity index (χ2v) is 6.35. The molecule has 0 spiro atoms. The lowest BCUT2D eigenvalue weighted by atomic mass is 10.0. The molecule has 0 saturated carbocycles. The number of rotatable bonds is 8. The predicted octanol–water partition coefficient (Wildman–Crippen LogP) is 4.07. The van der Waals surface area contributed by atoms with E-state index in [-0.39, 0.29) is 6.04 Å². The van der Waals surface area contributed by atoms with Crippen LogP contribution in [0.3, 0.4) is 0 Å². The third-order valence-corrected chi connectivity index (χ3v) is 4.58. The average molecular weight is 334 g/mol. The van der Waals surface area contributed by atoms with Crippen LogP contribution in [0.25, 0.3) is 10.8 Å². The number of nitrogens with two attached hydrogens (primary N) is 1. The number of methoxy groups -OCH3 is 1. The first kappa shape index (κ1) is 17.5. The Hall–Kier alpha value is -2.36. The molecule has 3 aromatic carbocycles. The van der Waals surface area contributed by atoms with Crippen molar-refractivity contribution in [2.24, 2.45) is 5.73 Å². The van der Waals surface area contributed by atoms with Crippen LogP contribution in [0.5, 0.6) is 5.75 Å². The summed E-state index contributed by atoms with van der Waals surface area (Å²) in [6.07, 6.45) is 1.95. The van der Waals surface area contributed by atoms with Crippen LogP contribution in [0.1, 0.15) is 23.6 Å². The Bertz CT molecular complexity index is 798. The van der Waals surface area contributed by atoms with Crippen molar-refractivity contribution in [3.8, 4) is 5.75 Å². The molecule has 3 aromatic rings. The molecule has 3 heteroatoms. The quantitative estimate of drug-likeness (QED) is 0.611. The normalized spacial score (nSPS) is 12.2. The van der Waals surface area contributed by atoms with E-state index < -0.39 is 0 Å². The summed E-state index contributed by atoms with van der Waals surface area (Å²) in [4.78, 5) is 0. The van der Waals surface area contributed by atoms with Gasteiger partial charge in [0.05, 0.1) is 7.11 Å². The minimum Gasteiger partial charge on any atom is -0.497 e. The van der Waals surface area contributed by atoms with E-state index >= 15 is 0 Å². The standard InChI is InChI=1S/C22H26N2O/c1-25-21-10-8-19(9-11-21)22(23)13-15-24-14-12-17-6-7-18-4-2-3-5-20(18)16-17/h2-11,16,22,24H,12-15,23H2,1H3. The lowest BCUT2D eigenvalue weighted by Gasteiger charge is -2.13. The van der Waals surface area contributed by atoms with Gasteiger partial charge in [0.2, 0.25) is 0 Å². The molecule has 0 aromatic heterocycles. The van der Waals surface area contributed by atoms with Crippen molar-refractivity contribution in [3.63, 3.8) is 0 Å². The lowest BCUT2D eigenvalue weighted by Crippen LogP contribution is -2.23. The van der Waals surface area contributed by atoms with E-state index in [9.17, 15) is 0 Å². The Kier molecular flexibility index (Phi) is 6.04. The fourth-order valence-electron chi connectivity index (χ4n) is 3.03. The Morgan fingerprint density at radius 3 is 2.44 bits per heavy atom. The molecule has 0 aliphatic carbocycles. The fourth-order valence-corrected chi connectivity index (χ4v) is 3.03. The van der Waals surface area contributed by atoms with Crippen molar-refractivity contribution in [1.29, 1.82) is 0 Å². The van der Waals surface area contributed by atoms with Gasteiger partial charge in [-0.25, -0.2) is 0 Å². The molecule has 0 fully saturated rings. The van der Waals surface area contributed by atoms with E-state index in [2.05, 4.69) is 47.8 Å². The predicted molar refractivity (Wildman–Crippen MR) is 105 cm³/mol. The summed E-state index contributed by atoms with van der Waals surface area (Å²) < 4.78 is 5.18. The first-order valence-electron chi connectivity index (χ1n) is 8.84. The van der Waals surface area contributed by atoms with E-state index in [0.717, 1.165) is 37.2 Å². The molecule has 3 N–H and O–H groups in total. The highest BCUT2D eigenvalue weighted by molar-refractivity contribution is 5.82. The molecule has 0 saturated heterocycles. The summed E-state index contributed by atoms with van der Waals surface area (Å²) >= 11 is 0. The minimum atomic E-state index is 0.0547. The smallest absolute Gasteiger partial charge is 0.118 e. The van der Waals surface area contributed by atoms with Crippen LogP contribution in [0, 0.1) is 0 Å². The largest absolute Gasteiger partial charge is 0.497 e. The molecule has 1 unspecified atom stereocenters. The zero-order chi connectivity index (χ0) is 17.5. The van der Waals surface area contributed by atoms with Crippen LogP contribution in [0.15, 0.2) is 66.7 Å². The Labute approximate surface area is 149 Å². The van der Waals surface area contributed by atoms with E-state index in [1.807, 2.05) is 24.3 Å². The summed E-state index contributed by atoms with van der Waals surface area (Å²) in [7, 11) is 1.67. The van der Waals surface area contributed by atoms with Crippen LogP contribution < -0.4 is 15.8 Å². The number of hydrogen-bond donors (Lipinski definition) is 2. The van der Waals surface area contributed by atoms with Crippen molar-refractivity contribution in [2.75, 3.05) is 20.2 Å². The number of ether oxygens (including phenoxy) is 1. The van der Waals surface area contributed by atoms with Gasteiger partial charge in [-0.05, 0) is 60.0 Å². The van der Waals surface area contributed by atoms with Gasteiger partial charge in [0.25, 0.3) is 0 Å². The molecule has 25 heavy (non-hydrogen) atoms. The van der Waals surface area contributed by atoms with E-state index in [4.69, 9.17) is 10.5 Å². The molecule has 3 nitrogen and oxygen atoms in total. The van der Waals surface area contributed by atoms with E-state index in [1.54, 1.807) is 7.11 Å². The van der Waals surface area contributed by atoms with Gasteiger partial charge in [-0.2, -0.15) is 0 Å². The van der Waals surface area contributed by atoms with Crippen LogP contribution in [-0.4, -0.2) is 20.2 Å². The number of fused-ring (bicyclic) bond motifs is 1. The van der Waals surface area contributed by atoms with Gasteiger partial charge in [-0.3, -0.25) is 0 Å². The van der Waals surface area contributed by atoms with Crippen molar-refractivity contribution in [1.82, 2.24) is 5.32 Å². The second-order valence-electron chi connectivity index (χ2n) is 6.35. The maximum absolute atomic E-state index is 6.26. The second kappa shape index (κ2) is 8.65. The molecule has 1 atom stereocenters. The molecule has 0 heterocycles. The maximum Gasteiger partial charge on any atom is 0.118 e. The summed E-state index contributed by atoms with van der Waals surface area (Å²) in [5, 5.41) is 6.10. The molecular weight excluding hydrogens is 308 g/mol. The third-order valence-electron chi connectivity index (χ3n) is 4.58. The number of hydrogen-bond acceptors (Lipinski definition) is 3. The highest BCUT2D eigenvalue weighted by Crippen LogP contribution is 2.18. The van der Waals surface area contributed by atoms with Gasteiger partial charge in [0, 0.05) is 6.04 Å². The highest BCUT2D eigenvalue weighted by Gasteiger charge is 2.05. The zero-order valence-corrected chi connectivity index (χ0v) is 14.7. The van der Waals surface area contributed by atoms with Gasteiger partial charge < -0.3 is 15.8 Å². The number of benzene rings is 3. The van der Waals surface area contributed by atoms with Crippen molar-refractivity contribution >= 4 is 10.8 Å². The van der Waals surface area contributed by atoms with Crippen LogP contribution in [-0.2, 0) is 6.42 Å². The monoisotopic (exact) mass is 334 g/mol. The Morgan fingerprint density at radius 1 is 0.920 bits per heavy atom. The van der Waals surface area contributed by atoms with Crippen molar-refractivity contribution < 1.29 is 4.74 Å². The van der Waals surface area contributed by atoms with Crippen LogP contribution >= 0.6 is 0 Å². The van der Waals surface area contributed by atoms with Gasteiger partial charge >= 0.3 is 0 Å². The Balaban J connectivity index is 1.41. The topological polar surface area (TPSA) is 47.3 Å². The van der Waals surface area contributed by atoms with Crippen LogP contribution in [0.2, 0.25) is 0 Å². The van der Waals surface area contributed by atoms with E-state index in [0.29, 0.717) is 0 Å². The molecule has 0 aliphatic heterocycles. The first-order valence-corrected chi connectivity index (χ1v) is 8.84. The van der Waals surface area contributed by atoms with Crippen LogP contribution in [0.4, 0.5) is 0 Å². The molecule has 0 bridgehead atoms. The first-order chi connectivity index (χ1) is 12.3. The third kappa shape index (κ3) is 4.81. The molecular formula is C22H26N2O. The summed E-state index contributed by atoms with van der Waals surface area (Å²) in [6.45, 7) is 1.88. The number of nitrogens with one attached hydrogen (secondary N) is 1. The molecule has 0 aliphatic rings. The highest BCUT2D eigenvalue weighted by atomic mass is 16.5. The van der Waals surface area contributed by atoms with Gasteiger partial charge in [-0.15, -0.1) is 0 Å². The van der Waals surface area contributed by atoms with Gasteiger partial charge in [-0.1, -0.05) is 54.6 Å². The zero-order valence-electron chi connectivity index (χ0n) is 14.7. The molecule has 0 radical (unpaired) electrons. The molecule has 130 valence electrons. The molecule has 0 amide bonds. The summed E-state index contributed by atoms with van der Waals surface area (Å²) in [5.41, 5.74) is 8.78. The fraction of sp³-hybridized carbons (Fsp3) is 0.273. The lowest BCUT2D eigenvalue weighted by molar-refractivity contribution is 0.414. The summed E-state index contributed by atoms with van der Waals surface area (Å²) in [6, 6.07) is 23.2. The Morgan fingerprint density at radius 2 is 1.68 bits per heavy atom. The van der Waals surface area contributed by atoms with Gasteiger partial charge in [0.1, 0.15) is 5.75 Å². The minimum absolute atomic E-state index is 0.0547.